The number of rotatable bonds is 10. The average Bonchev–Trinajstić information content (AvgIpc) is 2.31. The van der Waals surface area contributed by atoms with Gasteiger partial charge in [-0.2, -0.15) is 0 Å². The van der Waals surface area contributed by atoms with Gasteiger partial charge in [-0.15, -0.1) is 0 Å². The second-order valence-corrected chi connectivity index (χ2v) is 4.74. The monoisotopic (exact) mass is 229 g/mol. The van der Waals surface area contributed by atoms with Gasteiger partial charge in [0.2, 0.25) is 0 Å². The van der Waals surface area contributed by atoms with Crippen molar-refractivity contribution >= 4 is 0 Å². The van der Waals surface area contributed by atoms with E-state index in [9.17, 15) is 5.11 Å². The molecule has 0 amide bonds. The van der Waals surface area contributed by atoms with Crippen molar-refractivity contribution in [2.75, 3.05) is 6.61 Å². The van der Waals surface area contributed by atoms with E-state index >= 15 is 0 Å². The summed E-state index contributed by atoms with van der Waals surface area (Å²) in [5, 5.41) is 11.7. The molecule has 1 radical (unpaired) electrons. The number of hydrogen-bond donors (Lipinski definition) is 0. The molecule has 0 aromatic heterocycles. The lowest BCUT2D eigenvalue weighted by Gasteiger charge is -2.19. The van der Waals surface area contributed by atoms with E-state index in [0.29, 0.717) is 24.9 Å². The minimum absolute atomic E-state index is 0.536. The van der Waals surface area contributed by atoms with Crippen molar-refractivity contribution in [2.24, 2.45) is 11.8 Å². The summed E-state index contributed by atoms with van der Waals surface area (Å²) in [5.41, 5.74) is 0. The van der Waals surface area contributed by atoms with Crippen LogP contribution in [0.3, 0.4) is 0 Å². The Kier molecular flexibility index (Phi) is 10.0. The lowest BCUT2D eigenvalue weighted by atomic mass is 9.99. The molecule has 0 heterocycles. The molecule has 2 nitrogen and oxygen atoms in total. The fraction of sp³-hybridized carbons (Fsp3) is 1.00. The third-order valence-electron chi connectivity index (χ3n) is 3.47. The van der Waals surface area contributed by atoms with Crippen molar-refractivity contribution in [1.29, 1.82) is 0 Å². The van der Waals surface area contributed by atoms with Gasteiger partial charge in [0.05, 0.1) is 6.61 Å². The first kappa shape index (κ1) is 15.9. The van der Waals surface area contributed by atoms with E-state index in [1.165, 1.54) is 12.8 Å². The van der Waals surface area contributed by atoms with E-state index < -0.39 is 6.29 Å². The van der Waals surface area contributed by atoms with E-state index in [0.717, 1.165) is 19.3 Å². The van der Waals surface area contributed by atoms with Crippen LogP contribution in [0.2, 0.25) is 0 Å². The van der Waals surface area contributed by atoms with Crippen molar-refractivity contribution in [3.63, 3.8) is 0 Å². The molecule has 0 aromatic rings. The molecule has 0 aliphatic heterocycles. The van der Waals surface area contributed by atoms with Gasteiger partial charge in [-0.1, -0.05) is 53.4 Å². The van der Waals surface area contributed by atoms with E-state index in [1.54, 1.807) is 0 Å². The molecule has 2 heteroatoms. The lowest BCUT2D eigenvalue weighted by Crippen LogP contribution is -2.19. The van der Waals surface area contributed by atoms with Gasteiger partial charge in [0.1, 0.15) is 0 Å². The van der Waals surface area contributed by atoms with Crippen LogP contribution in [0, 0.1) is 11.8 Å². The maximum Gasteiger partial charge on any atom is 0.191 e. The Morgan fingerprint density at radius 2 is 1.50 bits per heavy atom. The van der Waals surface area contributed by atoms with Crippen LogP contribution in [-0.2, 0) is 9.84 Å². The molecule has 2 unspecified atom stereocenters. The quantitative estimate of drug-likeness (QED) is 0.510. The standard InChI is InChI=1S/C14H29O2/c1-5-9-13(8-4)11-16-14(15)10-12(6-2)7-3/h12-14H,5-11H2,1-4H3. The summed E-state index contributed by atoms with van der Waals surface area (Å²) in [6.45, 7) is 9.30. The van der Waals surface area contributed by atoms with E-state index in [2.05, 4.69) is 27.7 Å². The first-order valence-corrected chi connectivity index (χ1v) is 6.95. The highest BCUT2D eigenvalue weighted by Gasteiger charge is 2.15. The normalized spacial score (nSPS) is 15.4. The predicted octanol–water partition coefficient (Wildman–Crippen LogP) is 4.41. The van der Waals surface area contributed by atoms with Gasteiger partial charge < -0.3 is 4.74 Å². The zero-order valence-electron chi connectivity index (χ0n) is 11.5. The van der Waals surface area contributed by atoms with Gasteiger partial charge in [-0.25, -0.2) is 5.11 Å². The molecule has 2 atom stereocenters. The SMILES string of the molecule is CCCC(CC)COC([O])CC(CC)CC. The van der Waals surface area contributed by atoms with E-state index in [4.69, 9.17) is 4.74 Å². The van der Waals surface area contributed by atoms with Crippen molar-refractivity contribution in [1.82, 2.24) is 0 Å². The molecule has 0 saturated heterocycles. The second kappa shape index (κ2) is 10.1. The molecule has 0 rings (SSSR count). The zero-order valence-corrected chi connectivity index (χ0v) is 11.5. The van der Waals surface area contributed by atoms with Gasteiger partial charge in [0, 0.05) is 6.42 Å². The molecule has 0 aromatic carbocycles. The van der Waals surface area contributed by atoms with Crippen molar-refractivity contribution in [3.05, 3.63) is 0 Å². The molecular formula is C14H29O2. The summed E-state index contributed by atoms with van der Waals surface area (Å²) in [7, 11) is 0. The largest absolute Gasteiger partial charge is 0.349 e. The minimum atomic E-state index is -0.809. The summed E-state index contributed by atoms with van der Waals surface area (Å²) in [5.74, 6) is 1.11. The molecular weight excluding hydrogens is 200 g/mol. The summed E-state index contributed by atoms with van der Waals surface area (Å²) in [6.07, 6.45) is 5.51. The van der Waals surface area contributed by atoms with Gasteiger partial charge in [-0.05, 0) is 18.3 Å². The molecule has 0 N–H and O–H groups in total. The fourth-order valence-corrected chi connectivity index (χ4v) is 2.02. The summed E-state index contributed by atoms with van der Waals surface area (Å²) in [6, 6.07) is 0. The number of ether oxygens (including phenoxy) is 1. The smallest absolute Gasteiger partial charge is 0.191 e. The molecule has 16 heavy (non-hydrogen) atoms. The van der Waals surface area contributed by atoms with Crippen LogP contribution in [-0.4, -0.2) is 12.9 Å². The predicted molar refractivity (Wildman–Crippen MR) is 67.8 cm³/mol. The van der Waals surface area contributed by atoms with Crippen LogP contribution in [0.25, 0.3) is 0 Å². The summed E-state index contributed by atoms with van der Waals surface area (Å²) < 4.78 is 5.43. The highest BCUT2D eigenvalue weighted by molar-refractivity contribution is 4.59. The van der Waals surface area contributed by atoms with Crippen LogP contribution in [0.5, 0.6) is 0 Å². The third kappa shape index (κ3) is 7.24. The maximum absolute atomic E-state index is 11.7. The molecule has 0 bridgehead atoms. The van der Waals surface area contributed by atoms with Crippen molar-refractivity contribution in [3.8, 4) is 0 Å². The van der Waals surface area contributed by atoms with Gasteiger partial charge >= 0.3 is 0 Å². The van der Waals surface area contributed by atoms with E-state index in [1.807, 2.05) is 0 Å². The highest BCUT2D eigenvalue weighted by Crippen LogP contribution is 2.18. The Morgan fingerprint density at radius 1 is 0.938 bits per heavy atom. The first-order valence-electron chi connectivity index (χ1n) is 6.95. The van der Waals surface area contributed by atoms with Crippen molar-refractivity contribution < 1.29 is 9.84 Å². The topological polar surface area (TPSA) is 29.1 Å². The first-order chi connectivity index (χ1) is 7.67. The Morgan fingerprint density at radius 3 is 1.94 bits per heavy atom. The Hall–Kier alpha value is -0.0800. The van der Waals surface area contributed by atoms with E-state index in [-0.39, 0.29) is 0 Å². The van der Waals surface area contributed by atoms with Crippen LogP contribution in [0.1, 0.15) is 66.2 Å². The summed E-state index contributed by atoms with van der Waals surface area (Å²) >= 11 is 0. The fourth-order valence-electron chi connectivity index (χ4n) is 2.02. The van der Waals surface area contributed by atoms with Crippen LogP contribution >= 0.6 is 0 Å². The Balaban J connectivity index is 3.73. The Labute approximate surface area is 101 Å². The zero-order chi connectivity index (χ0) is 12.4. The highest BCUT2D eigenvalue weighted by atomic mass is 16.6. The molecule has 0 fully saturated rings. The van der Waals surface area contributed by atoms with Crippen molar-refractivity contribution in [2.45, 2.75) is 72.5 Å². The minimum Gasteiger partial charge on any atom is -0.349 e. The third-order valence-corrected chi connectivity index (χ3v) is 3.47. The Bertz CT molecular complexity index is 144. The number of hydrogen-bond acceptors (Lipinski definition) is 1. The maximum atomic E-state index is 11.7. The van der Waals surface area contributed by atoms with Crippen LogP contribution in [0.4, 0.5) is 0 Å². The molecule has 0 aliphatic carbocycles. The van der Waals surface area contributed by atoms with Gasteiger partial charge in [-0.3, -0.25) is 0 Å². The van der Waals surface area contributed by atoms with Crippen LogP contribution in [0.15, 0.2) is 0 Å². The average molecular weight is 229 g/mol. The van der Waals surface area contributed by atoms with Crippen LogP contribution < -0.4 is 0 Å². The molecule has 97 valence electrons. The summed E-state index contributed by atoms with van der Waals surface area (Å²) in [4.78, 5) is 0. The second-order valence-electron chi connectivity index (χ2n) is 4.74. The lowest BCUT2D eigenvalue weighted by molar-refractivity contribution is -0.158. The molecule has 0 spiro atoms. The van der Waals surface area contributed by atoms with Gasteiger partial charge in [0.25, 0.3) is 0 Å². The molecule has 0 aliphatic rings. The van der Waals surface area contributed by atoms with Gasteiger partial charge in [0.15, 0.2) is 6.29 Å². The molecule has 0 saturated carbocycles.